The minimum absolute atomic E-state index is 0.371. The van der Waals surface area contributed by atoms with Crippen molar-refractivity contribution in [2.45, 2.75) is 37.9 Å². The van der Waals surface area contributed by atoms with Crippen molar-refractivity contribution in [2.24, 2.45) is 0 Å². The van der Waals surface area contributed by atoms with Crippen molar-refractivity contribution >= 4 is 22.9 Å². The second kappa shape index (κ2) is 5.43. The van der Waals surface area contributed by atoms with Gasteiger partial charge in [0.25, 0.3) is 5.56 Å². The Balaban J connectivity index is 2.53. The van der Waals surface area contributed by atoms with Gasteiger partial charge in [0.1, 0.15) is 0 Å². The van der Waals surface area contributed by atoms with Gasteiger partial charge in [0.2, 0.25) is 0 Å². The predicted molar refractivity (Wildman–Crippen MR) is 72.3 cm³/mol. The minimum Gasteiger partial charge on any atom is -0.327 e. The normalized spacial score (nSPS) is 11.2. The number of nitrogens with one attached hydrogen (secondary N) is 2. The first kappa shape index (κ1) is 12.9. The van der Waals surface area contributed by atoms with Gasteiger partial charge in [0.05, 0.1) is 0 Å². The number of rotatable bonds is 5. The number of unbranched alkanes of at least 4 members (excludes halogenated alkanes) is 2. The van der Waals surface area contributed by atoms with Crippen molar-refractivity contribution in [1.82, 2.24) is 19.5 Å². The topological polar surface area (TPSA) is 83.5 Å². The zero-order valence-electron chi connectivity index (χ0n) is 10.4. The Morgan fingerprint density at radius 3 is 2.72 bits per heavy atom. The fourth-order valence-corrected chi connectivity index (χ4v) is 2.23. The van der Waals surface area contributed by atoms with E-state index in [1.54, 1.807) is 0 Å². The molecule has 98 valence electrons. The van der Waals surface area contributed by atoms with Gasteiger partial charge in [-0.15, -0.1) is 0 Å². The molecule has 0 aliphatic rings. The van der Waals surface area contributed by atoms with Crippen molar-refractivity contribution in [2.75, 3.05) is 6.26 Å². The molecule has 0 fully saturated rings. The SMILES string of the molecule is CCCCCn1c(=O)[nH]c(=O)c2[nH]c(SC)nc21. The quantitative estimate of drug-likeness (QED) is 0.633. The Kier molecular flexibility index (Phi) is 3.90. The molecule has 2 aromatic rings. The molecule has 0 spiro atoms. The third kappa shape index (κ3) is 2.35. The van der Waals surface area contributed by atoms with Crippen molar-refractivity contribution in [3.63, 3.8) is 0 Å². The zero-order chi connectivity index (χ0) is 13.1. The van der Waals surface area contributed by atoms with Crippen LogP contribution >= 0.6 is 11.8 Å². The summed E-state index contributed by atoms with van der Waals surface area (Å²) in [5.41, 5.74) is 0.0250. The lowest BCUT2D eigenvalue weighted by atomic mass is 10.2. The molecule has 0 unspecified atom stereocenters. The van der Waals surface area contributed by atoms with E-state index in [0.717, 1.165) is 19.3 Å². The number of aromatic amines is 2. The maximum atomic E-state index is 11.8. The van der Waals surface area contributed by atoms with Crippen LogP contribution in [0.4, 0.5) is 0 Å². The third-order valence-corrected chi connectivity index (χ3v) is 3.37. The summed E-state index contributed by atoms with van der Waals surface area (Å²) in [6, 6.07) is 0. The summed E-state index contributed by atoms with van der Waals surface area (Å²) >= 11 is 1.41. The van der Waals surface area contributed by atoms with Crippen molar-refractivity contribution in [3.05, 3.63) is 20.8 Å². The van der Waals surface area contributed by atoms with E-state index in [1.165, 1.54) is 16.3 Å². The van der Waals surface area contributed by atoms with Crippen LogP contribution in [0.2, 0.25) is 0 Å². The third-order valence-electron chi connectivity index (χ3n) is 2.79. The van der Waals surface area contributed by atoms with E-state index in [2.05, 4.69) is 21.9 Å². The highest BCUT2D eigenvalue weighted by atomic mass is 32.2. The molecule has 0 radical (unpaired) electrons. The van der Waals surface area contributed by atoms with Gasteiger partial charge in [0, 0.05) is 6.54 Å². The fraction of sp³-hybridized carbons (Fsp3) is 0.545. The number of nitrogens with zero attached hydrogens (tertiary/aromatic N) is 2. The van der Waals surface area contributed by atoms with Gasteiger partial charge in [0.15, 0.2) is 16.3 Å². The fourth-order valence-electron chi connectivity index (χ4n) is 1.84. The molecule has 2 heterocycles. The van der Waals surface area contributed by atoms with E-state index in [4.69, 9.17) is 0 Å². The molecule has 2 rings (SSSR count). The molecule has 0 saturated heterocycles. The number of hydrogen-bond acceptors (Lipinski definition) is 4. The highest BCUT2D eigenvalue weighted by Crippen LogP contribution is 2.13. The molecule has 0 saturated carbocycles. The largest absolute Gasteiger partial charge is 0.330 e. The lowest BCUT2D eigenvalue weighted by Crippen LogP contribution is -2.30. The van der Waals surface area contributed by atoms with Crippen molar-refractivity contribution in [3.8, 4) is 0 Å². The Labute approximate surface area is 108 Å². The number of aryl methyl sites for hydroxylation is 1. The zero-order valence-corrected chi connectivity index (χ0v) is 11.3. The average Bonchev–Trinajstić information content (AvgIpc) is 2.78. The molecular weight excluding hydrogens is 252 g/mol. The van der Waals surface area contributed by atoms with Gasteiger partial charge in [-0.3, -0.25) is 14.3 Å². The summed E-state index contributed by atoms with van der Waals surface area (Å²) in [5, 5.41) is 0.644. The van der Waals surface area contributed by atoms with Crippen LogP contribution in [0.3, 0.4) is 0 Å². The Hall–Kier alpha value is -1.50. The Morgan fingerprint density at radius 1 is 1.28 bits per heavy atom. The molecular formula is C11H16N4O2S. The van der Waals surface area contributed by atoms with Crippen molar-refractivity contribution in [1.29, 1.82) is 0 Å². The molecule has 0 aliphatic carbocycles. The van der Waals surface area contributed by atoms with Gasteiger partial charge in [-0.05, 0) is 12.7 Å². The molecule has 6 nitrogen and oxygen atoms in total. The van der Waals surface area contributed by atoms with Crippen LogP contribution in [0, 0.1) is 0 Å². The molecule has 7 heteroatoms. The number of imidazole rings is 1. The maximum Gasteiger partial charge on any atom is 0.330 e. The van der Waals surface area contributed by atoms with Gasteiger partial charge >= 0.3 is 5.69 Å². The predicted octanol–water partition coefficient (Wildman–Crippen LogP) is 1.32. The Bertz CT molecular complexity index is 655. The smallest absolute Gasteiger partial charge is 0.327 e. The van der Waals surface area contributed by atoms with E-state index in [-0.39, 0.29) is 5.69 Å². The van der Waals surface area contributed by atoms with E-state index in [0.29, 0.717) is 22.9 Å². The standard InChI is InChI=1S/C11H16N4O2S/c1-3-4-5-6-15-8-7(9(16)14-11(15)17)12-10(13-8)18-2/h3-6H2,1-2H3,(H,12,13)(H,14,16,17). The summed E-state index contributed by atoms with van der Waals surface area (Å²) in [7, 11) is 0. The van der Waals surface area contributed by atoms with Crippen molar-refractivity contribution < 1.29 is 0 Å². The van der Waals surface area contributed by atoms with Crippen LogP contribution in [-0.4, -0.2) is 25.8 Å². The van der Waals surface area contributed by atoms with Gasteiger partial charge in [-0.1, -0.05) is 31.5 Å². The monoisotopic (exact) mass is 268 g/mol. The molecule has 0 aliphatic heterocycles. The summed E-state index contributed by atoms with van der Waals surface area (Å²) in [4.78, 5) is 33.0. The highest BCUT2D eigenvalue weighted by molar-refractivity contribution is 7.98. The number of hydrogen-bond donors (Lipinski definition) is 2. The molecule has 2 N–H and O–H groups in total. The number of thioether (sulfide) groups is 1. The van der Waals surface area contributed by atoms with Gasteiger partial charge < -0.3 is 4.98 Å². The van der Waals surface area contributed by atoms with Crippen LogP contribution in [0.5, 0.6) is 0 Å². The van der Waals surface area contributed by atoms with Gasteiger partial charge in [-0.2, -0.15) is 0 Å². The molecule has 18 heavy (non-hydrogen) atoms. The van der Waals surface area contributed by atoms with Gasteiger partial charge in [-0.25, -0.2) is 9.78 Å². The number of aromatic nitrogens is 4. The molecule has 0 amide bonds. The van der Waals surface area contributed by atoms with Crippen LogP contribution < -0.4 is 11.2 Å². The molecule has 0 bridgehead atoms. The molecule has 2 aromatic heterocycles. The van der Waals surface area contributed by atoms with E-state index >= 15 is 0 Å². The summed E-state index contributed by atoms with van der Waals surface area (Å²) in [6.45, 7) is 2.68. The first-order valence-corrected chi connectivity index (χ1v) is 7.16. The summed E-state index contributed by atoms with van der Waals surface area (Å²) in [6.07, 6.45) is 4.90. The summed E-state index contributed by atoms with van der Waals surface area (Å²) < 4.78 is 1.53. The first-order valence-electron chi connectivity index (χ1n) is 5.94. The minimum atomic E-state index is -0.408. The molecule has 0 aromatic carbocycles. The maximum absolute atomic E-state index is 11.8. The van der Waals surface area contributed by atoms with Crippen LogP contribution in [0.1, 0.15) is 26.2 Å². The van der Waals surface area contributed by atoms with Crippen LogP contribution in [0.15, 0.2) is 14.7 Å². The number of fused-ring (bicyclic) bond motifs is 1. The average molecular weight is 268 g/mol. The first-order chi connectivity index (χ1) is 8.67. The van der Waals surface area contributed by atoms with E-state index in [1.807, 2.05) is 6.26 Å². The molecule has 0 atom stereocenters. The highest BCUT2D eigenvalue weighted by Gasteiger charge is 2.12. The second-order valence-corrected chi connectivity index (χ2v) is 4.86. The van der Waals surface area contributed by atoms with Crippen LogP contribution in [-0.2, 0) is 6.54 Å². The second-order valence-electron chi connectivity index (χ2n) is 4.06. The van der Waals surface area contributed by atoms with Crippen LogP contribution in [0.25, 0.3) is 11.2 Å². The lowest BCUT2D eigenvalue weighted by Gasteiger charge is -2.04. The Morgan fingerprint density at radius 2 is 2.06 bits per heavy atom. The lowest BCUT2D eigenvalue weighted by molar-refractivity contribution is 0.588. The summed E-state index contributed by atoms with van der Waals surface area (Å²) in [5.74, 6) is 0. The van der Waals surface area contributed by atoms with E-state index in [9.17, 15) is 9.59 Å². The van der Waals surface area contributed by atoms with E-state index < -0.39 is 5.56 Å². The number of H-pyrrole nitrogens is 2.